The molecule has 0 unspecified atom stereocenters. The molecule has 0 aliphatic rings. The first-order valence-electron chi connectivity index (χ1n) is 9.13. The molecule has 2 aromatic carbocycles. The lowest BCUT2D eigenvalue weighted by atomic mass is 10.1. The Bertz CT molecular complexity index is 1590. The van der Waals surface area contributed by atoms with Crippen LogP contribution in [-0.2, 0) is 6.54 Å². The molecule has 0 atom stereocenters. The highest BCUT2D eigenvalue weighted by molar-refractivity contribution is 6.18. The van der Waals surface area contributed by atoms with Crippen molar-refractivity contribution in [2.45, 2.75) is 13.5 Å². The van der Waals surface area contributed by atoms with Crippen LogP contribution in [0.1, 0.15) is 11.1 Å². The van der Waals surface area contributed by atoms with Crippen LogP contribution in [0.25, 0.3) is 37.8 Å². The minimum Gasteiger partial charge on any atom is -0.402 e. The van der Waals surface area contributed by atoms with Gasteiger partial charge in [0.25, 0.3) is 0 Å². The summed E-state index contributed by atoms with van der Waals surface area (Å²) in [5.74, 6) is -0.953. The Hall–Kier alpha value is -4.05. The molecule has 0 spiro atoms. The molecular weight excluding hydrogens is 388 g/mol. The van der Waals surface area contributed by atoms with Crippen LogP contribution in [0.2, 0.25) is 0 Å². The van der Waals surface area contributed by atoms with Gasteiger partial charge in [0.05, 0.1) is 18.6 Å². The van der Waals surface area contributed by atoms with Crippen LogP contribution in [0.5, 0.6) is 0 Å². The number of nitrogens with zero attached hydrogens (tertiary/aromatic N) is 3. The molecule has 3 aromatic heterocycles. The zero-order valence-corrected chi connectivity index (χ0v) is 15.7. The highest BCUT2D eigenvalue weighted by atomic mass is 19.1. The van der Waals surface area contributed by atoms with Gasteiger partial charge in [0.15, 0.2) is 5.69 Å². The Kier molecular flexibility index (Phi) is 3.90. The van der Waals surface area contributed by atoms with Gasteiger partial charge in [-0.05, 0) is 54.4 Å². The fraction of sp³-hybridized carbons (Fsp3) is 0.0870. The maximum absolute atomic E-state index is 14.5. The summed E-state index contributed by atoms with van der Waals surface area (Å²) in [6, 6.07) is 10.5. The number of fused-ring (bicyclic) bond motifs is 5. The number of aromatic nitrogens is 2. The molecule has 5 rings (SSSR count). The normalized spacial score (nSPS) is 11.4. The Balaban J connectivity index is 1.94. The molecule has 7 heteroatoms. The highest BCUT2D eigenvalue weighted by Crippen LogP contribution is 2.34. The molecule has 30 heavy (non-hydrogen) atoms. The number of hydrogen-bond donors (Lipinski definition) is 0. The summed E-state index contributed by atoms with van der Waals surface area (Å²) < 4.78 is 35.9. The second kappa shape index (κ2) is 6.49. The van der Waals surface area contributed by atoms with Crippen molar-refractivity contribution in [2.75, 3.05) is 0 Å². The van der Waals surface area contributed by atoms with Crippen molar-refractivity contribution in [3.05, 3.63) is 93.3 Å². The van der Waals surface area contributed by atoms with Crippen LogP contribution in [-0.4, -0.2) is 9.55 Å². The predicted octanol–water partition coefficient (Wildman–Crippen LogP) is 5.48. The lowest BCUT2D eigenvalue weighted by Crippen LogP contribution is -2.09. The lowest BCUT2D eigenvalue weighted by molar-refractivity contribution is 0.552. The van der Waals surface area contributed by atoms with Gasteiger partial charge in [0.1, 0.15) is 17.2 Å². The number of aryl methyl sites for hydroxylation is 1. The summed E-state index contributed by atoms with van der Waals surface area (Å²) in [7, 11) is 0. The molecule has 0 aliphatic heterocycles. The van der Waals surface area contributed by atoms with Crippen LogP contribution in [0, 0.1) is 25.1 Å². The van der Waals surface area contributed by atoms with Crippen molar-refractivity contribution in [2.24, 2.45) is 0 Å². The van der Waals surface area contributed by atoms with Crippen molar-refractivity contribution < 1.29 is 13.2 Å². The predicted molar refractivity (Wildman–Crippen MR) is 110 cm³/mol. The van der Waals surface area contributed by atoms with Crippen LogP contribution in [0.4, 0.5) is 14.5 Å². The van der Waals surface area contributed by atoms with E-state index < -0.39 is 17.3 Å². The van der Waals surface area contributed by atoms with Crippen molar-refractivity contribution in [1.82, 2.24) is 9.55 Å². The first-order chi connectivity index (χ1) is 14.5. The van der Waals surface area contributed by atoms with Gasteiger partial charge in [0, 0.05) is 22.4 Å². The minimum atomic E-state index is -0.646. The van der Waals surface area contributed by atoms with Gasteiger partial charge in [-0.2, -0.15) is 0 Å². The maximum Gasteiger partial charge on any atom is 0.362 e. The highest BCUT2D eigenvalue weighted by Gasteiger charge is 2.21. The maximum atomic E-state index is 14.5. The smallest absolute Gasteiger partial charge is 0.362 e. The molecule has 0 N–H and O–H groups in total. The van der Waals surface area contributed by atoms with Crippen molar-refractivity contribution >= 4 is 38.6 Å². The van der Waals surface area contributed by atoms with Gasteiger partial charge in [0.2, 0.25) is 5.71 Å². The molecule has 3 heterocycles. The van der Waals surface area contributed by atoms with Crippen LogP contribution in [0.15, 0.2) is 57.9 Å². The van der Waals surface area contributed by atoms with Gasteiger partial charge in [-0.3, -0.25) is 0 Å². The zero-order valence-electron chi connectivity index (χ0n) is 15.7. The van der Waals surface area contributed by atoms with E-state index >= 15 is 0 Å². The summed E-state index contributed by atoms with van der Waals surface area (Å²) in [5, 5.41) is 1.84. The Labute approximate surface area is 168 Å². The average Bonchev–Trinajstić information content (AvgIpc) is 3.04. The fourth-order valence-electron chi connectivity index (χ4n) is 3.85. The van der Waals surface area contributed by atoms with Crippen molar-refractivity contribution in [3.63, 3.8) is 0 Å². The molecule has 5 nitrogen and oxygen atoms in total. The average molecular weight is 401 g/mol. The van der Waals surface area contributed by atoms with Gasteiger partial charge < -0.3 is 8.98 Å². The molecule has 0 radical (unpaired) electrons. The molecular formula is C23H13F2N3O2. The molecule has 0 saturated carbocycles. The largest absolute Gasteiger partial charge is 0.402 e. The molecule has 0 amide bonds. The fourth-order valence-corrected chi connectivity index (χ4v) is 3.85. The second-order valence-electron chi connectivity index (χ2n) is 7.06. The topological polar surface area (TPSA) is 52.4 Å². The van der Waals surface area contributed by atoms with Gasteiger partial charge >= 0.3 is 5.63 Å². The quantitative estimate of drug-likeness (QED) is 0.368. The number of halogens is 2. The summed E-state index contributed by atoms with van der Waals surface area (Å²) in [5.41, 5.74) is 1.08. The Morgan fingerprint density at radius 2 is 1.97 bits per heavy atom. The first kappa shape index (κ1) is 18.0. The summed E-state index contributed by atoms with van der Waals surface area (Å²) in [6.07, 6.45) is 1.52. The lowest BCUT2D eigenvalue weighted by Gasteiger charge is -2.09. The van der Waals surface area contributed by atoms with E-state index in [-0.39, 0.29) is 29.0 Å². The number of hydrogen-bond acceptors (Lipinski definition) is 3. The third-order valence-electron chi connectivity index (χ3n) is 5.25. The van der Waals surface area contributed by atoms with E-state index in [1.54, 1.807) is 25.1 Å². The van der Waals surface area contributed by atoms with Crippen molar-refractivity contribution in [3.8, 4) is 0 Å². The molecule has 0 aliphatic carbocycles. The SMILES string of the molecule is [C-]#[N+]c1ccc(F)c(Cn2c3cc(F)c(C)cc3c3c4cccnc4oc(=O)c32)c1. The number of benzene rings is 2. The van der Waals surface area contributed by atoms with Gasteiger partial charge in [-0.15, -0.1) is 0 Å². The van der Waals surface area contributed by atoms with Gasteiger partial charge in [-0.1, -0.05) is 6.07 Å². The van der Waals surface area contributed by atoms with Crippen LogP contribution < -0.4 is 5.63 Å². The standard InChI is InChI=1S/C23H13F2N3O2/c1-12-8-16-19(10-18(12)25)28(11-13-9-14(26-2)5-6-17(13)24)21-20(16)15-4-3-7-27-22(15)30-23(21)29/h3-10H,11H2,1H3. The Morgan fingerprint density at radius 1 is 1.13 bits per heavy atom. The zero-order chi connectivity index (χ0) is 21.0. The molecule has 146 valence electrons. The first-order valence-corrected chi connectivity index (χ1v) is 9.13. The van der Waals surface area contributed by atoms with E-state index in [2.05, 4.69) is 9.83 Å². The molecule has 0 saturated heterocycles. The van der Waals surface area contributed by atoms with E-state index in [9.17, 15) is 13.6 Å². The van der Waals surface area contributed by atoms with E-state index in [0.29, 0.717) is 27.2 Å². The second-order valence-corrected chi connectivity index (χ2v) is 7.06. The van der Waals surface area contributed by atoms with E-state index in [1.165, 1.54) is 35.0 Å². The minimum absolute atomic E-state index is 0.0613. The summed E-state index contributed by atoms with van der Waals surface area (Å²) in [4.78, 5) is 20.3. The monoisotopic (exact) mass is 401 g/mol. The van der Waals surface area contributed by atoms with Crippen LogP contribution >= 0.6 is 0 Å². The summed E-state index contributed by atoms with van der Waals surface area (Å²) in [6.45, 7) is 8.75. The third kappa shape index (κ3) is 2.58. The molecule has 0 fully saturated rings. The Morgan fingerprint density at radius 3 is 2.77 bits per heavy atom. The van der Waals surface area contributed by atoms with Gasteiger partial charge in [-0.25, -0.2) is 23.4 Å². The number of pyridine rings is 1. The molecule has 5 aromatic rings. The van der Waals surface area contributed by atoms with E-state index in [4.69, 9.17) is 11.0 Å². The van der Waals surface area contributed by atoms with Crippen molar-refractivity contribution in [1.29, 1.82) is 0 Å². The molecule has 0 bridgehead atoms. The summed E-state index contributed by atoms with van der Waals surface area (Å²) >= 11 is 0. The van der Waals surface area contributed by atoms with Crippen LogP contribution in [0.3, 0.4) is 0 Å². The van der Waals surface area contributed by atoms with E-state index in [0.717, 1.165) is 0 Å². The van der Waals surface area contributed by atoms with E-state index in [1.807, 2.05) is 0 Å². The third-order valence-corrected chi connectivity index (χ3v) is 5.25. The number of rotatable bonds is 2.